The number of ether oxygens (including phenoxy) is 1. The lowest BCUT2D eigenvalue weighted by atomic mass is 9.93. The molecular formula is C32H33N3O3S. The highest BCUT2D eigenvalue weighted by molar-refractivity contribution is 7.07. The van der Waals surface area contributed by atoms with Crippen LogP contribution in [0.3, 0.4) is 0 Å². The van der Waals surface area contributed by atoms with Crippen LogP contribution in [0, 0.1) is 13.8 Å². The Labute approximate surface area is 231 Å². The summed E-state index contributed by atoms with van der Waals surface area (Å²) in [5, 5.41) is 1.09. The van der Waals surface area contributed by atoms with E-state index in [0.29, 0.717) is 33.1 Å². The van der Waals surface area contributed by atoms with Crippen molar-refractivity contribution < 1.29 is 9.53 Å². The minimum Gasteiger partial charge on any atom is -0.466 e. The van der Waals surface area contributed by atoms with Crippen LogP contribution < -0.4 is 14.9 Å². The van der Waals surface area contributed by atoms with Crippen molar-refractivity contribution in [3.05, 3.63) is 114 Å². The Morgan fingerprint density at radius 1 is 1.15 bits per heavy atom. The van der Waals surface area contributed by atoms with Gasteiger partial charge in [0.2, 0.25) is 0 Å². The highest BCUT2D eigenvalue weighted by Crippen LogP contribution is 2.32. The summed E-state index contributed by atoms with van der Waals surface area (Å²) in [6.45, 7) is 14.8. The number of fused-ring (bicyclic) bond motifs is 2. The summed E-state index contributed by atoms with van der Waals surface area (Å²) in [5.74, 6) is -0.115. The molecule has 2 aromatic heterocycles. The molecule has 1 atom stereocenters. The second kappa shape index (κ2) is 10.3. The van der Waals surface area contributed by atoms with Crippen LogP contribution in [0.4, 0.5) is 0 Å². The van der Waals surface area contributed by atoms with Crippen LogP contribution in [-0.4, -0.2) is 22.2 Å². The number of aryl methyl sites for hydroxylation is 1. The SMILES string of the molecule is C=CCn1c(C)c(/C=c2\sc3n(c2=O)[C@@H](c2ccc(C(C)C)cc2)C(C(=O)OC)=C(C)N=3)c2cc(C)ccc21. The number of thiazole rings is 1. The molecule has 0 amide bonds. The lowest BCUT2D eigenvalue weighted by molar-refractivity contribution is -0.136. The summed E-state index contributed by atoms with van der Waals surface area (Å²) in [6.07, 6.45) is 3.85. The minimum absolute atomic E-state index is 0.178. The molecule has 6 nitrogen and oxygen atoms in total. The monoisotopic (exact) mass is 539 g/mol. The zero-order valence-electron chi connectivity index (χ0n) is 23.2. The van der Waals surface area contributed by atoms with Crippen molar-refractivity contribution in [1.82, 2.24) is 9.13 Å². The number of rotatable bonds is 6. The van der Waals surface area contributed by atoms with Crippen LogP contribution in [0.1, 0.15) is 60.7 Å². The fraction of sp³-hybridized carbons (Fsp3) is 0.281. The van der Waals surface area contributed by atoms with Crippen LogP contribution in [0.5, 0.6) is 0 Å². The zero-order chi connectivity index (χ0) is 28.0. The van der Waals surface area contributed by atoms with E-state index in [9.17, 15) is 9.59 Å². The number of benzene rings is 2. The highest BCUT2D eigenvalue weighted by Gasteiger charge is 2.33. The normalized spacial score (nSPS) is 15.6. The van der Waals surface area contributed by atoms with E-state index in [-0.39, 0.29) is 5.56 Å². The molecule has 0 unspecified atom stereocenters. The Bertz CT molecular complexity index is 1830. The third-order valence-electron chi connectivity index (χ3n) is 7.46. The molecule has 0 saturated heterocycles. The molecule has 0 aliphatic carbocycles. The lowest BCUT2D eigenvalue weighted by Crippen LogP contribution is -2.39. The third-order valence-corrected chi connectivity index (χ3v) is 8.44. The van der Waals surface area contributed by atoms with Crippen LogP contribution >= 0.6 is 11.3 Å². The van der Waals surface area contributed by atoms with Crippen molar-refractivity contribution >= 4 is 34.3 Å². The van der Waals surface area contributed by atoms with Gasteiger partial charge in [0, 0.05) is 28.7 Å². The van der Waals surface area contributed by atoms with Crippen LogP contribution in [0.15, 0.2) is 76.2 Å². The molecule has 1 aliphatic rings. The standard InChI is InChI=1S/C32H33N3O3S/c1-8-15-34-21(6)24(25-16-19(4)9-14-26(25)34)17-27-30(36)35-29(23-12-10-22(11-13-23)18(2)3)28(31(37)38-7)20(5)33-32(35)39-27/h8-14,16-18,29H,1,15H2,2-7H3/b27-17-/t29-/m0/s1. The highest BCUT2D eigenvalue weighted by atomic mass is 32.1. The molecule has 4 aromatic rings. The van der Waals surface area contributed by atoms with E-state index in [1.807, 2.05) is 24.3 Å². The Morgan fingerprint density at radius 3 is 2.51 bits per heavy atom. The summed E-state index contributed by atoms with van der Waals surface area (Å²) < 4.78 is 9.57. The van der Waals surface area contributed by atoms with E-state index in [4.69, 9.17) is 9.73 Å². The molecule has 200 valence electrons. The Hall–Kier alpha value is -3.97. The molecule has 0 fully saturated rings. The average molecular weight is 540 g/mol. The maximum atomic E-state index is 14.1. The average Bonchev–Trinajstić information content (AvgIpc) is 3.35. The van der Waals surface area contributed by atoms with Crippen LogP contribution in [-0.2, 0) is 16.1 Å². The molecule has 0 bridgehead atoms. The van der Waals surface area contributed by atoms with Gasteiger partial charge in [-0.25, -0.2) is 9.79 Å². The molecule has 2 aromatic carbocycles. The second-order valence-corrected chi connectivity index (χ2v) is 11.3. The van der Waals surface area contributed by atoms with E-state index in [1.165, 1.54) is 24.0 Å². The summed E-state index contributed by atoms with van der Waals surface area (Å²) in [5.41, 5.74) is 7.11. The first-order valence-corrected chi connectivity index (χ1v) is 13.9. The molecule has 0 spiro atoms. The lowest BCUT2D eigenvalue weighted by Gasteiger charge is -2.24. The van der Waals surface area contributed by atoms with E-state index >= 15 is 0 Å². The van der Waals surface area contributed by atoms with Gasteiger partial charge in [-0.1, -0.05) is 67.2 Å². The molecule has 3 heterocycles. The van der Waals surface area contributed by atoms with Gasteiger partial charge in [0.25, 0.3) is 5.56 Å². The van der Waals surface area contributed by atoms with Gasteiger partial charge in [0.05, 0.1) is 29.0 Å². The quantitative estimate of drug-likeness (QED) is 0.247. The maximum Gasteiger partial charge on any atom is 0.338 e. The van der Waals surface area contributed by atoms with Crippen molar-refractivity contribution in [2.24, 2.45) is 4.99 Å². The van der Waals surface area contributed by atoms with Crippen LogP contribution in [0.25, 0.3) is 17.0 Å². The van der Waals surface area contributed by atoms with Gasteiger partial charge in [-0.2, -0.15) is 0 Å². The number of allylic oxidation sites excluding steroid dienone is 2. The molecule has 39 heavy (non-hydrogen) atoms. The van der Waals surface area contributed by atoms with Crippen LogP contribution in [0.2, 0.25) is 0 Å². The van der Waals surface area contributed by atoms with E-state index in [0.717, 1.165) is 33.3 Å². The van der Waals surface area contributed by atoms with E-state index in [1.54, 1.807) is 11.5 Å². The number of nitrogens with zero attached hydrogens (tertiary/aromatic N) is 3. The van der Waals surface area contributed by atoms with E-state index in [2.05, 4.69) is 69.2 Å². The van der Waals surface area contributed by atoms with Crippen molar-refractivity contribution in [1.29, 1.82) is 0 Å². The van der Waals surface area contributed by atoms with Gasteiger partial charge in [-0.15, -0.1) is 6.58 Å². The van der Waals surface area contributed by atoms with Crippen molar-refractivity contribution in [2.75, 3.05) is 7.11 Å². The summed E-state index contributed by atoms with van der Waals surface area (Å²) in [6, 6.07) is 13.9. The Kier molecular flexibility index (Phi) is 7.03. The van der Waals surface area contributed by atoms with Gasteiger partial charge < -0.3 is 9.30 Å². The second-order valence-electron chi connectivity index (χ2n) is 10.3. The number of methoxy groups -OCH3 is 1. The number of hydrogen-bond donors (Lipinski definition) is 0. The van der Waals surface area contributed by atoms with Gasteiger partial charge in [-0.05, 0) is 56.0 Å². The predicted molar refractivity (Wildman–Crippen MR) is 158 cm³/mol. The largest absolute Gasteiger partial charge is 0.466 e. The number of hydrogen-bond acceptors (Lipinski definition) is 5. The fourth-order valence-corrected chi connectivity index (χ4v) is 6.40. The number of esters is 1. The molecule has 7 heteroatoms. The summed E-state index contributed by atoms with van der Waals surface area (Å²) in [4.78, 5) is 32.3. The summed E-state index contributed by atoms with van der Waals surface area (Å²) >= 11 is 1.34. The first-order chi connectivity index (χ1) is 18.7. The smallest absolute Gasteiger partial charge is 0.338 e. The van der Waals surface area contributed by atoms with Crippen molar-refractivity contribution in [3.8, 4) is 0 Å². The van der Waals surface area contributed by atoms with Crippen molar-refractivity contribution in [2.45, 2.75) is 53.1 Å². The van der Waals surface area contributed by atoms with E-state index < -0.39 is 12.0 Å². The van der Waals surface area contributed by atoms with Gasteiger partial charge in [-0.3, -0.25) is 9.36 Å². The number of aromatic nitrogens is 2. The first-order valence-electron chi connectivity index (χ1n) is 13.1. The topological polar surface area (TPSA) is 65.6 Å². The summed E-state index contributed by atoms with van der Waals surface area (Å²) in [7, 11) is 1.36. The molecule has 5 rings (SSSR count). The Balaban J connectivity index is 1.77. The third kappa shape index (κ3) is 4.51. The van der Waals surface area contributed by atoms with Gasteiger partial charge in [0.1, 0.15) is 0 Å². The number of carbonyl (C=O) groups is 1. The van der Waals surface area contributed by atoms with Gasteiger partial charge in [0.15, 0.2) is 4.80 Å². The minimum atomic E-state index is -0.623. The van der Waals surface area contributed by atoms with Crippen molar-refractivity contribution in [3.63, 3.8) is 0 Å². The van der Waals surface area contributed by atoms with Gasteiger partial charge >= 0.3 is 5.97 Å². The fourth-order valence-electron chi connectivity index (χ4n) is 5.37. The predicted octanol–water partition coefficient (Wildman–Crippen LogP) is 5.29. The Morgan fingerprint density at radius 2 is 1.87 bits per heavy atom. The molecule has 0 saturated carbocycles. The maximum absolute atomic E-state index is 14.1. The molecule has 0 N–H and O–H groups in total. The molecule has 1 aliphatic heterocycles. The zero-order valence-corrected chi connectivity index (χ0v) is 24.1. The number of carbonyl (C=O) groups excluding carboxylic acids is 1. The molecular weight excluding hydrogens is 506 g/mol. The first kappa shape index (κ1) is 26.6. The molecule has 0 radical (unpaired) electrons.